The Labute approximate surface area is 170 Å². The molecule has 0 spiro atoms. The average Bonchev–Trinajstić information content (AvgIpc) is 2.78. The Morgan fingerprint density at radius 2 is 1.86 bits per heavy atom. The predicted octanol–water partition coefficient (Wildman–Crippen LogP) is 2.85. The normalized spacial score (nSPS) is 10.4. The highest BCUT2D eigenvalue weighted by molar-refractivity contribution is 5.91. The summed E-state index contributed by atoms with van der Waals surface area (Å²) in [6.07, 6.45) is 8.16. The number of rotatable bonds is 9. The molecule has 2 heterocycles. The van der Waals surface area contributed by atoms with E-state index in [1.54, 1.807) is 37.6 Å². The molecular weight excluding hydrogens is 366 g/mol. The maximum atomic E-state index is 12.5. The Hall–Kier alpha value is -3.48. The number of hydrogen-bond acceptors (Lipinski definition) is 6. The van der Waals surface area contributed by atoms with Gasteiger partial charge in [-0.05, 0) is 42.2 Å². The summed E-state index contributed by atoms with van der Waals surface area (Å²) in [4.78, 5) is 26.8. The van der Waals surface area contributed by atoms with E-state index in [0.717, 1.165) is 29.7 Å². The fourth-order valence-corrected chi connectivity index (χ4v) is 2.91. The first-order valence-electron chi connectivity index (χ1n) is 9.49. The van der Waals surface area contributed by atoms with Crippen molar-refractivity contribution in [2.24, 2.45) is 0 Å². The van der Waals surface area contributed by atoms with Gasteiger partial charge >= 0.3 is 0 Å². The molecule has 1 amide bonds. The molecular formula is C22H25N5O2. The summed E-state index contributed by atoms with van der Waals surface area (Å²) < 4.78 is 5.36. The topological polar surface area (TPSA) is 80.2 Å². The maximum absolute atomic E-state index is 12.5. The highest BCUT2D eigenvalue weighted by atomic mass is 16.5. The highest BCUT2D eigenvalue weighted by Crippen LogP contribution is 2.17. The van der Waals surface area contributed by atoms with Gasteiger partial charge in [-0.3, -0.25) is 9.78 Å². The number of likely N-dealkylation sites (N-methyl/N-ethyl adjacent to an activating group) is 1. The van der Waals surface area contributed by atoms with Gasteiger partial charge < -0.3 is 15.0 Å². The zero-order valence-electron chi connectivity index (χ0n) is 16.7. The van der Waals surface area contributed by atoms with Gasteiger partial charge in [0.05, 0.1) is 19.5 Å². The molecule has 2 aromatic heterocycles. The van der Waals surface area contributed by atoms with Crippen molar-refractivity contribution >= 4 is 11.7 Å². The van der Waals surface area contributed by atoms with Crippen molar-refractivity contribution < 1.29 is 9.53 Å². The van der Waals surface area contributed by atoms with Crippen LogP contribution in [0.5, 0.6) is 5.75 Å². The number of ether oxygens (including phenoxy) is 1. The van der Waals surface area contributed by atoms with E-state index in [9.17, 15) is 4.79 Å². The van der Waals surface area contributed by atoms with Gasteiger partial charge in [0, 0.05) is 32.5 Å². The van der Waals surface area contributed by atoms with Gasteiger partial charge in [-0.15, -0.1) is 0 Å². The first-order valence-corrected chi connectivity index (χ1v) is 9.49. The molecule has 0 saturated heterocycles. The van der Waals surface area contributed by atoms with Gasteiger partial charge in [-0.1, -0.05) is 18.2 Å². The lowest BCUT2D eigenvalue weighted by Crippen LogP contribution is -2.29. The smallest absolute Gasteiger partial charge is 0.273 e. The number of nitrogens with one attached hydrogen (secondary N) is 1. The van der Waals surface area contributed by atoms with Crippen LogP contribution in [-0.4, -0.2) is 53.0 Å². The zero-order chi connectivity index (χ0) is 20.5. The van der Waals surface area contributed by atoms with Crippen molar-refractivity contribution in [2.45, 2.75) is 12.8 Å². The predicted molar refractivity (Wildman–Crippen MR) is 112 cm³/mol. The monoisotopic (exact) mass is 391 g/mol. The van der Waals surface area contributed by atoms with Crippen molar-refractivity contribution in [1.29, 1.82) is 0 Å². The Morgan fingerprint density at radius 1 is 1.07 bits per heavy atom. The minimum atomic E-state index is -0.146. The van der Waals surface area contributed by atoms with Crippen molar-refractivity contribution in [1.82, 2.24) is 19.9 Å². The Morgan fingerprint density at radius 3 is 2.59 bits per heavy atom. The number of hydrogen-bond donors (Lipinski definition) is 1. The summed E-state index contributed by atoms with van der Waals surface area (Å²) in [5, 5.41) is 3.23. The number of carbonyl (C=O) groups is 1. The van der Waals surface area contributed by atoms with E-state index in [1.807, 2.05) is 36.4 Å². The molecule has 150 valence electrons. The molecule has 3 rings (SSSR count). The molecule has 0 aliphatic carbocycles. The third kappa shape index (κ3) is 5.75. The first-order chi connectivity index (χ1) is 14.2. The largest absolute Gasteiger partial charge is 0.496 e. The van der Waals surface area contributed by atoms with Crippen LogP contribution in [0.1, 0.15) is 21.6 Å². The van der Waals surface area contributed by atoms with E-state index >= 15 is 0 Å². The second-order valence-electron chi connectivity index (χ2n) is 6.61. The minimum absolute atomic E-state index is 0.146. The Balaban J connectivity index is 1.49. The fourth-order valence-electron chi connectivity index (χ4n) is 2.91. The summed E-state index contributed by atoms with van der Waals surface area (Å²) in [6, 6.07) is 11.8. The molecule has 0 radical (unpaired) electrons. The van der Waals surface area contributed by atoms with Gasteiger partial charge in [0.1, 0.15) is 17.3 Å². The van der Waals surface area contributed by atoms with Crippen LogP contribution < -0.4 is 10.1 Å². The molecule has 0 atom stereocenters. The summed E-state index contributed by atoms with van der Waals surface area (Å²) in [5.41, 5.74) is 2.59. The van der Waals surface area contributed by atoms with Gasteiger partial charge in [0.15, 0.2) is 0 Å². The number of anilines is 1. The molecule has 0 aliphatic rings. The Bertz CT molecular complexity index is 916. The van der Waals surface area contributed by atoms with Crippen molar-refractivity contribution in [2.75, 3.05) is 32.6 Å². The van der Waals surface area contributed by atoms with E-state index in [2.05, 4.69) is 20.3 Å². The van der Waals surface area contributed by atoms with Crippen LogP contribution in [0.4, 0.5) is 5.82 Å². The standard InChI is InChI=1S/C22H25N5O2/c1-27(14-10-17-7-11-23-12-8-17)22(28)19-15-26-21(16-25-19)24-13-9-18-5-3-4-6-20(18)29-2/h3-8,11-12,15-16H,9-10,13-14H2,1-2H3,(H,24,26). The third-order valence-electron chi connectivity index (χ3n) is 4.60. The molecule has 1 aromatic carbocycles. The number of aromatic nitrogens is 3. The van der Waals surface area contributed by atoms with E-state index in [1.165, 1.54) is 6.20 Å². The summed E-state index contributed by atoms with van der Waals surface area (Å²) in [6.45, 7) is 1.29. The molecule has 0 fully saturated rings. The van der Waals surface area contributed by atoms with Crippen LogP contribution in [-0.2, 0) is 12.8 Å². The molecule has 3 aromatic rings. The number of methoxy groups -OCH3 is 1. The molecule has 0 saturated carbocycles. The third-order valence-corrected chi connectivity index (χ3v) is 4.60. The number of nitrogens with zero attached hydrogens (tertiary/aromatic N) is 4. The summed E-state index contributed by atoms with van der Waals surface area (Å²) >= 11 is 0. The molecule has 29 heavy (non-hydrogen) atoms. The number of amides is 1. The number of para-hydroxylation sites is 1. The second-order valence-corrected chi connectivity index (χ2v) is 6.61. The Kier molecular flexibility index (Phi) is 7.10. The van der Waals surface area contributed by atoms with Crippen molar-refractivity contribution in [3.8, 4) is 5.75 Å². The van der Waals surface area contributed by atoms with E-state index in [4.69, 9.17) is 4.74 Å². The number of carbonyl (C=O) groups excluding carboxylic acids is 1. The van der Waals surface area contributed by atoms with Crippen molar-refractivity contribution in [3.63, 3.8) is 0 Å². The number of benzene rings is 1. The van der Waals surface area contributed by atoms with Gasteiger partial charge in [0.25, 0.3) is 5.91 Å². The highest BCUT2D eigenvalue weighted by Gasteiger charge is 2.13. The summed E-state index contributed by atoms with van der Waals surface area (Å²) in [5.74, 6) is 1.36. The van der Waals surface area contributed by atoms with Crippen LogP contribution in [0, 0.1) is 0 Å². The van der Waals surface area contributed by atoms with Crippen molar-refractivity contribution in [3.05, 3.63) is 78.0 Å². The average molecular weight is 391 g/mol. The van der Waals surface area contributed by atoms with Crippen LogP contribution in [0.25, 0.3) is 0 Å². The van der Waals surface area contributed by atoms with E-state index in [0.29, 0.717) is 24.6 Å². The van der Waals surface area contributed by atoms with Gasteiger partial charge in [0.2, 0.25) is 0 Å². The zero-order valence-corrected chi connectivity index (χ0v) is 16.7. The summed E-state index contributed by atoms with van der Waals surface area (Å²) in [7, 11) is 3.44. The quantitative estimate of drug-likeness (QED) is 0.604. The van der Waals surface area contributed by atoms with Gasteiger partial charge in [-0.2, -0.15) is 0 Å². The van der Waals surface area contributed by atoms with E-state index in [-0.39, 0.29) is 5.91 Å². The lowest BCUT2D eigenvalue weighted by atomic mass is 10.1. The molecule has 1 N–H and O–H groups in total. The van der Waals surface area contributed by atoms with E-state index < -0.39 is 0 Å². The molecule has 0 aliphatic heterocycles. The fraction of sp³-hybridized carbons (Fsp3) is 0.273. The number of pyridine rings is 1. The molecule has 0 bridgehead atoms. The van der Waals surface area contributed by atoms with Gasteiger partial charge in [-0.25, -0.2) is 9.97 Å². The second kappa shape index (κ2) is 10.2. The maximum Gasteiger partial charge on any atom is 0.273 e. The molecule has 7 nitrogen and oxygen atoms in total. The lowest BCUT2D eigenvalue weighted by Gasteiger charge is -2.16. The molecule has 7 heteroatoms. The first kappa shape index (κ1) is 20.3. The van der Waals surface area contributed by atoms with Crippen LogP contribution in [0.2, 0.25) is 0 Å². The lowest BCUT2D eigenvalue weighted by molar-refractivity contribution is 0.0790. The molecule has 0 unspecified atom stereocenters. The minimum Gasteiger partial charge on any atom is -0.496 e. The SMILES string of the molecule is COc1ccccc1CCNc1cnc(C(=O)N(C)CCc2ccncc2)cn1. The van der Waals surface area contributed by atoms with Crippen LogP contribution in [0.15, 0.2) is 61.2 Å². The van der Waals surface area contributed by atoms with Crippen LogP contribution in [0.3, 0.4) is 0 Å². The van der Waals surface area contributed by atoms with Crippen LogP contribution >= 0.6 is 0 Å².